The van der Waals surface area contributed by atoms with Crippen LogP contribution < -0.4 is 5.32 Å². The van der Waals surface area contributed by atoms with Gasteiger partial charge in [0.1, 0.15) is 0 Å². The van der Waals surface area contributed by atoms with Gasteiger partial charge in [0, 0.05) is 34.4 Å². The molecule has 2 aromatic heterocycles. The van der Waals surface area contributed by atoms with E-state index in [9.17, 15) is 4.79 Å². The van der Waals surface area contributed by atoms with E-state index in [0.29, 0.717) is 10.7 Å². The number of thiazole rings is 1. The summed E-state index contributed by atoms with van der Waals surface area (Å²) < 4.78 is 0. The molecule has 0 fully saturated rings. The molecule has 24 heavy (non-hydrogen) atoms. The number of benzene rings is 1. The summed E-state index contributed by atoms with van der Waals surface area (Å²) >= 11 is 7.62. The Balaban J connectivity index is 1.67. The fourth-order valence-corrected chi connectivity index (χ4v) is 3.21. The van der Waals surface area contributed by atoms with E-state index in [1.54, 1.807) is 18.5 Å². The van der Waals surface area contributed by atoms with E-state index in [1.165, 1.54) is 11.3 Å². The van der Waals surface area contributed by atoms with Crippen LogP contribution in [0.15, 0.2) is 42.7 Å². The Morgan fingerprint density at radius 3 is 2.71 bits per heavy atom. The van der Waals surface area contributed by atoms with Crippen LogP contribution in [0.25, 0.3) is 0 Å². The number of aryl methyl sites for hydroxylation is 2. The SMILES string of the molecule is Cc1ccc(C(=O)Nc2ncc(Cc3ccc(C)c(Cl)c3)s2)cn1. The number of nitrogens with one attached hydrogen (secondary N) is 1. The molecule has 3 aromatic rings. The Hall–Kier alpha value is -2.24. The van der Waals surface area contributed by atoms with Crippen molar-refractivity contribution in [3.8, 4) is 0 Å². The van der Waals surface area contributed by atoms with Crippen LogP contribution in [-0.2, 0) is 6.42 Å². The van der Waals surface area contributed by atoms with E-state index in [4.69, 9.17) is 11.6 Å². The van der Waals surface area contributed by atoms with Crippen LogP contribution in [0.5, 0.6) is 0 Å². The van der Waals surface area contributed by atoms with Gasteiger partial charge in [-0.3, -0.25) is 15.1 Å². The number of halogens is 1. The molecule has 1 amide bonds. The molecule has 0 aliphatic rings. The third kappa shape index (κ3) is 3.99. The van der Waals surface area contributed by atoms with Gasteiger partial charge in [-0.05, 0) is 43.2 Å². The molecule has 2 heterocycles. The fraction of sp³-hybridized carbons (Fsp3) is 0.167. The number of amides is 1. The normalized spacial score (nSPS) is 10.6. The van der Waals surface area contributed by atoms with Crippen molar-refractivity contribution in [2.24, 2.45) is 0 Å². The van der Waals surface area contributed by atoms with Crippen molar-refractivity contribution in [2.45, 2.75) is 20.3 Å². The maximum atomic E-state index is 12.2. The molecule has 0 spiro atoms. The topological polar surface area (TPSA) is 54.9 Å². The predicted molar refractivity (Wildman–Crippen MR) is 98.0 cm³/mol. The van der Waals surface area contributed by atoms with E-state index >= 15 is 0 Å². The standard InChI is InChI=1S/C18H16ClN3OS/c1-11-3-5-13(8-16(11)19)7-15-10-21-18(24-15)22-17(23)14-6-4-12(2)20-9-14/h3-6,8-10H,7H2,1-2H3,(H,21,22,23). The van der Waals surface area contributed by atoms with E-state index in [2.05, 4.69) is 21.4 Å². The van der Waals surface area contributed by atoms with Crippen molar-refractivity contribution in [3.63, 3.8) is 0 Å². The number of anilines is 1. The second-order valence-corrected chi connectivity index (χ2v) is 7.06. The van der Waals surface area contributed by atoms with Gasteiger partial charge in [0.25, 0.3) is 5.91 Å². The molecule has 122 valence electrons. The van der Waals surface area contributed by atoms with E-state index in [0.717, 1.165) is 33.1 Å². The van der Waals surface area contributed by atoms with Gasteiger partial charge < -0.3 is 0 Å². The lowest BCUT2D eigenvalue weighted by Gasteiger charge is -2.02. The second kappa shape index (κ2) is 7.11. The molecule has 0 radical (unpaired) electrons. The lowest BCUT2D eigenvalue weighted by Crippen LogP contribution is -2.11. The summed E-state index contributed by atoms with van der Waals surface area (Å²) in [5, 5.41) is 4.15. The first kappa shape index (κ1) is 16.6. The minimum Gasteiger partial charge on any atom is -0.298 e. The predicted octanol–water partition coefficient (Wildman–Crippen LogP) is 4.65. The first-order chi connectivity index (χ1) is 11.5. The number of hydrogen-bond acceptors (Lipinski definition) is 4. The maximum Gasteiger partial charge on any atom is 0.259 e. The smallest absolute Gasteiger partial charge is 0.259 e. The lowest BCUT2D eigenvalue weighted by atomic mass is 10.1. The number of nitrogens with zero attached hydrogens (tertiary/aromatic N) is 2. The number of hydrogen-bond donors (Lipinski definition) is 1. The van der Waals surface area contributed by atoms with E-state index in [1.807, 2.05) is 32.0 Å². The quantitative estimate of drug-likeness (QED) is 0.739. The summed E-state index contributed by atoms with van der Waals surface area (Å²) in [5.74, 6) is -0.207. The third-order valence-corrected chi connectivity index (χ3v) is 4.88. The van der Waals surface area contributed by atoms with Gasteiger partial charge >= 0.3 is 0 Å². The Morgan fingerprint density at radius 2 is 2.00 bits per heavy atom. The molecule has 0 saturated carbocycles. The minimum atomic E-state index is -0.207. The molecular weight excluding hydrogens is 342 g/mol. The number of carbonyl (C=O) groups is 1. The molecule has 0 bridgehead atoms. The highest BCUT2D eigenvalue weighted by atomic mass is 35.5. The van der Waals surface area contributed by atoms with Crippen molar-refractivity contribution in [2.75, 3.05) is 5.32 Å². The van der Waals surface area contributed by atoms with Gasteiger partial charge in [-0.2, -0.15) is 0 Å². The van der Waals surface area contributed by atoms with E-state index < -0.39 is 0 Å². The number of rotatable bonds is 4. The average molecular weight is 358 g/mol. The van der Waals surface area contributed by atoms with Crippen molar-refractivity contribution in [3.05, 3.63) is 75.0 Å². The third-order valence-electron chi connectivity index (χ3n) is 3.56. The molecule has 4 nitrogen and oxygen atoms in total. The highest BCUT2D eigenvalue weighted by molar-refractivity contribution is 7.15. The first-order valence-electron chi connectivity index (χ1n) is 7.45. The summed E-state index contributed by atoms with van der Waals surface area (Å²) in [5.41, 5.74) is 3.57. The van der Waals surface area contributed by atoms with Crippen LogP contribution in [0.4, 0.5) is 5.13 Å². The Kier molecular flexibility index (Phi) is 4.92. The van der Waals surface area contributed by atoms with Gasteiger partial charge in [0.15, 0.2) is 5.13 Å². The molecule has 0 aliphatic carbocycles. The largest absolute Gasteiger partial charge is 0.298 e. The zero-order chi connectivity index (χ0) is 17.1. The van der Waals surface area contributed by atoms with Crippen LogP contribution in [0, 0.1) is 13.8 Å². The lowest BCUT2D eigenvalue weighted by molar-refractivity contribution is 0.102. The molecule has 6 heteroatoms. The van der Waals surface area contributed by atoms with Crippen LogP contribution >= 0.6 is 22.9 Å². The van der Waals surface area contributed by atoms with Crippen molar-refractivity contribution in [1.82, 2.24) is 9.97 Å². The van der Waals surface area contributed by atoms with Crippen molar-refractivity contribution in [1.29, 1.82) is 0 Å². The summed E-state index contributed by atoms with van der Waals surface area (Å²) in [6.07, 6.45) is 4.08. The molecule has 0 unspecified atom stereocenters. The Bertz CT molecular complexity index is 874. The zero-order valence-corrected chi connectivity index (χ0v) is 14.9. The van der Waals surface area contributed by atoms with E-state index in [-0.39, 0.29) is 5.91 Å². The molecule has 0 atom stereocenters. The fourth-order valence-electron chi connectivity index (χ4n) is 2.17. The summed E-state index contributed by atoms with van der Waals surface area (Å²) in [6.45, 7) is 3.86. The van der Waals surface area contributed by atoms with Crippen molar-refractivity contribution < 1.29 is 4.79 Å². The highest BCUT2D eigenvalue weighted by Crippen LogP contribution is 2.24. The van der Waals surface area contributed by atoms with Crippen LogP contribution in [0.2, 0.25) is 5.02 Å². The van der Waals surface area contributed by atoms with Crippen LogP contribution in [-0.4, -0.2) is 15.9 Å². The van der Waals surface area contributed by atoms with Gasteiger partial charge in [0.2, 0.25) is 0 Å². The number of carbonyl (C=O) groups excluding carboxylic acids is 1. The van der Waals surface area contributed by atoms with Crippen molar-refractivity contribution >= 4 is 34.0 Å². The minimum absolute atomic E-state index is 0.207. The Labute approximate surface area is 149 Å². The van der Waals surface area contributed by atoms with Gasteiger partial charge in [-0.25, -0.2) is 4.98 Å². The molecule has 3 rings (SSSR count). The summed E-state index contributed by atoms with van der Waals surface area (Å²) in [4.78, 5) is 21.6. The van der Waals surface area contributed by atoms with Crippen LogP contribution in [0.1, 0.15) is 32.1 Å². The molecule has 1 aromatic carbocycles. The molecule has 0 saturated heterocycles. The van der Waals surface area contributed by atoms with Gasteiger partial charge in [0.05, 0.1) is 5.56 Å². The van der Waals surface area contributed by atoms with Gasteiger partial charge in [-0.1, -0.05) is 23.7 Å². The summed E-state index contributed by atoms with van der Waals surface area (Å²) in [6, 6.07) is 9.58. The molecule has 1 N–H and O–H groups in total. The maximum absolute atomic E-state index is 12.2. The zero-order valence-electron chi connectivity index (χ0n) is 13.3. The average Bonchev–Trinajstić information content (AvgIpc) is 2.98. The van der Waals surface area contributed by atoms with Gasteiger partial charge in [-0.15, -0.1) is 11.3 Å². The van der Waals surface area contributed by atoms with Crippen LogP contribution in [0.3, 0.4) is 0 Å². The highest BCUT2D eigenvalue weighted by Gasteiger charge is 2.10. The number of pyridine rings is 1. The second-order valence-electron chi connectivity index (χ2n) is 5.53. The number of aromatic nitrogens is 2. The summed E-state index contributed by atoms with van der Waals surface area (Å²) in [7, 11) is 0. The Morgan fingerprint density at radius 1 is 1.17 bits per heavy atom. The first-order valence-corrected chi connectivity index (χ1v) is 8.64. The molecule has 0 aliphatic heterocycles. The molecular formula is C18H16ClN3OS. The monoisotopic (exact) mass is 357 g/mol.